The molecule has 0 aromatic carbocycles. The van der Waals surface area contributed by atoms with Crippen LogP contribution in [-0.2, 0) is 16.3 Å². The van der Waals surface area contributed by atoms with E-state index >= 15 is 0 Å². The third-order valence-electron chi connectivity index (χ3n) is 1.32. The van der Waals surface area contributed by atoms with Gasteiger partial charge in [0.05, 0.1) is 0 Å². The normalized spacial score (nSPS) is 12.0. The molecule has 0 aliphatic rings. The minimum absolute atomic E-state index is 0. The van der Waals surface area contributed by atoms with Crippen molar-refractivity contribution in [3.63, 3.8) is 0 Å². The number of halogens is 3. The molecule has 0 saturated carbocycles. The van der Waals surface area contributed by atoms with E-state index in [4.69, 9.17) is 4.55 Å². The summed E-state index contributed by atoms with van der Waals surface area (Å²) in [6, 6.07) is 1.11. The van der Waals surface area contributed by atoms with Crippen LogP contribution in [0.25, 0.3) is 0 Å². The number of hydrogen-bond acceptors (Lipinski definition) is 3. The van der Waals surface area contributed by atoms with E-state index in [0.29, 0.717) is 18.3 Å². The van der Waals surface area contributed by atoms with Gasteiger partial charge in [-0.25, -0.2) is 0 Å². The first-order valence-corrected chi connectivity index (χ1v) is 4.66. The second kappa shape index (κ2) is 4.96. The van der Waals surface area contributed by atoms with Crippen LogP contribution in [0.3, 0.4) is 0 Å². The molecule has 0 aliphatic heterocycles. The molecule has 4 nitrogen and oxygen atoms in total. The van der Waals surface area contributed by atoms with Crippen molar-refractivity contribution in [1.82, 2.24) is 4.98 Å². The van der Waals surface area contributed by atoms with Gasteiger partial charge in [0.1, 0.15) is 10.6 Å². The molecule has 0 saturated heterocycles. The number of rotatable bonds is 1. The Morgan fingerprint density at radius 3 is 2.07 bits per heavy atom. The number of alkyl halides is 3. The Morgan fingerprint density at radius 1 is 1.27 bits per heavy atom. The van der Waals surface area contributed by atoms with Crippen molar-refractivity contribution in [1.29, 1.82) is 0 Å². The maximum Gasteiger partial charge on any atom is 0.433 e. The quantitative estimate of drug-likeness (QED) is 0.608. The summed E-state index contributed by atoms with van der Waals surface area (Å²) in [5.74, 6) is 0. The fourth-order valence-corrected chi connectivity index (χ4v) is 1.13. The first kappa shape index (κ1) is 15.1. The average Bonchev–Trinajstić information content (AvgIpc) is 2.01. The molecule has 1 N–H and O–H groups in total. The topological polar surface area (TPSA) is 67.3 Å². The predicted octanol–water partition coefficient (Wildman–Crippen LogP) is 0.966. The zero-order valence-electron chi connectivity index (χ0n) is 7.19. The van der Waals surface area contributed by atoms with Crippen LogP contribution in [0.5, 0.6) is 0 Å². The van der Waals surface area contributed by atoms with E-state index in [0.717, 1.165) is 0 Å². The molecule has 80 valence electrons. The molecule has 0 spiro atoms. The summed E-state index contributed by atoms with van der Waals surface area (Å²) in [6.45, 7) is 0. The molecule has 1 heterocycles. The van der Waals surface area contributed by atoms with Crippen molar-refractivity contribution in [2.24, 2.45) is 0 Å². The molecule has 1 aromatic heterocycles. The SMILES string of the molecule is O=S(=O)(O)c1ccc(C(F)(F)F)nc1.[Ca]. The van der Waals surface area contributed by atoms with Crippen LogP contribution in [0.2, 0.25) is 0 Å². The molecule has 0 aliphatic carbocycles. The van der Waals surface area contributed by atoms with Crippen molar-refractivity contribution in [3.05, 3.63) is 24.0 Å². The molecule has 0 amide bonds. The van der Waals surface area contributed by atoms with E-state index in [1.54, 1.807) is 0 Å². The maximum absolute atomic E-state index is 11.9. The van der Waals surface area contributed by atoms with E-state index in [1.165, 1.54) is 0 Å². The van der Waals surface area contributed by atoms with E-state index in [1.807, 2.05) is 0 Å². The second-order valence-electron chi connectivity index (χ2n) is 2.35. The first-order chi connectivity index (χ1) is 6.21. The van der Waals surface area contributed by atoms with E-state index in [-0.39, 0.29) is 37.7 Å². The van der Waals surface area contributed by atoms with Crippen LogP contribution in [0.15, 0.2) is 23.2 Å². The third-order valence-corrected chi connectivity index (χ3v) is 2.16. The minimum Gasteiger partial charge on any atom is -0.282 e. The van der Waals surface area contributed by atoms with Crippen LogP contribution in [0, 0.1) is 0 Å². The summed E-state index contributed by atoms with van der Waals surface area (Å²) in [5.41, 5.74) is -1.22. The van der Waals surface area contributed by atoms with Crippen molar-refractivity contribution in [2.75, 3.05) is 0 Å². The number of pyridine rings is 1. The summed E-state index contributed by atoms with van der Waals surface area (Å²) >= 11 is 0. The van der Waals surface area contributed by atoms with Gasteiger partial charge in [-0.15, -0.1) is 0 Å². The zero-order chi connectivity index (χ0) is 11.0. The molecule has 0 unspecified atom stereocenters. The fraction of sp³-hybridized carbons (Fsp3) is 0.167. The zero-order valence-corrected chi connectivity index (χ0v) is 10.2. The van der Waals surface area contributed by atoms with Crippen molar-refractivity contribution < 1.29 is 26.1 Å². The van der Waals surface area contributed by atoms with Crippen LogP contribution in [0.1, 0.15) is 5.69 Å². The van der Waals surface area contributed by atoms with Gasteiger partial charge in [0, 0.05) is 43.9 Å². The van der Waals surface area contributed by atoms with Gasteiger partial charge in [-0.2, -0.15) is 21.6 Å². The monoisotopic (exact) mass is 267 g/mol. The third kappa shape index (κ3) is 4.23. The molecule has 9 heteroatoms. The van der Waals surface area contributed by atoms with Gasteiger partial charge >= 0.3 is 6.18 Å². The van der Waals surface area contributed by atoms with Gasteiger partial charge < -0.3 is 0 Å². The standard InChI is InChI=1S/C6H4F3NO3S.Ca/c7-6(8,9)5-2-1-4(3-10-5)14(11,12)13;/h1-3H,(H,11,12,13);. The number of nitrogens with zero attached hydrogens (tertiary/aromatic N) is 1. The summed E-state index contributed by atoms with van der Waals surface area (Å²) in [7, 11) is -4.49. The fourth-order valence-electron chi connectivity index (χ4n) is 0.701. The molecule has 15 heavy (non-hydrogen) atoms. The Bertz CT molecular complexity index is 428. The van der Waals surface area contributed by atoms with Gasteiger partial charge in [0.15, 0.2) is 0 Å². The Morgan fingerprint density at radius 2 is 1.80 bits per heavy atom. The van der Waals surface area contributed by atoms with Crippen molar-refractivity contribution in [2.45, 2.75) is 11.1 Å². The molecule has 1 rings (SSSR count). The molecule has 0 fully saturated rings. The summed E-state index contributed by atoms with van der Waals surface area (Å²) in [6.07, 6.45) is -4.18. The van der Waals surface area contributed by atoms with Crippen LogP contribution >= 0.6 is 0 Å². The summed E-state index contributed by atoms with van der Waals surface area (Å²) in [4.78, 5) is 2.18. The largest absolute Gasteiger partial charge is 0.433 e. The Balaban J connectivity index is 0.00000196. The average molecular weight is 267 g/mol. The van der Waals surface area contributed by atoms with E-state index in [9.17, 15) is 21.6 Å². The molecule has 0 atom stereocenters. The van der Waals surface area contributed by atoms with Gasteiger partial charge in [-0.3, -0.25) is 9.54 Å². The second-order valence-corrected chi connectivity index (χ2v) is 3.77. The maximum atomic E-state index is 11.9. The summed E-state index contributed by atoms with van der Waals surface area (Å²) in [5, 5.41) is 0. The first-order valence-electron chi connectivity index (χ1n) is 3.22. The Hall–Kier alpha value is 0.110. The molecular formula is C6H4CaF3NO3S. The van der Waals surface area contributed by atoms with Crippen molar-refractivity contribution in [3.8, 4) is 0 Å². The predicted molar refractivity (Wildman–Crippen MR) is 44.8 cm³/mol. The number of hydrogen-bond donors (Lipinski definition) is 1. The van der Waals surface area contributed by atoms with E-state index < -0.39 is 26.9 Å². The minimum atomic E-state index is -4.63. The molecule has 2 radical (unpaired) electrons. The van der Waals surface area contributed by atoms with Crippen LogP contribution < -0.4 is 0 Å². The van der Waals surface area contributed by atoms with E-state index in [2.05, 4.69) is 4.98 Å². The van der Waals surface area contributed by atoms with Crippen LogP contribution in [0.4, 0.5) is 13.2 Å². The van der Waals surface area contributed by atoms with Gasteiger partial charge in [-0.05, 0) is 12.1 Å². The molecular weight excluding hydrogens is 263 g/mol. The smallest absolute Gasteiger partial charge is 0.282 e. The Labute approximate surface area is 113 Å². The van der Waals surface area contributed by atoms with Crippen LogP contribution in [-0.4, -0.2) is 55.7 Å². The Kier molecular flexibility index (Phi) is 5.00. The van der Waals surface area contributed by atoms with Gasteiger partial charge in [-0.1, -0.05) is 0 Å². The number of aromatic nitrogens is 1. The summed E-state index contributed by atoms with van der Waals surface area (Å²) < 4.78 is 65.1. The molecule has 1 aromatic rings. The molecule has 0 bridgehead atoms. The van der Waals surface area contributed by atoms with Gasteiger partial charge in [0.25, 0.3) is 10.1 Å². The van der Waals surface area contributed by atoms with Crippen molar-refractivity contribution >= 4 is 47.9 Å². The van der Waals surface area contributed by atoms with Gasteiger partial charge in [0.2, 0.25) is 0 Å².